The average Bonchev–Trinajstić information content (AvgIpc) is 2.95. The van der Waals surface area contributed by atoms with Crippen LogP contribution in [0.5, 0.6) is 0 Å². The molecule has 0 saturated heterocycles. The van der Waals surface area contributed by atoms with Gasteiger partial charge in [-0.3, -0.25) is 14.6 Å². The zero-order valence-electron chi connectivity index (χ0n) is 25.2. The van der Waals surface area contributed by atoms with Crippen molar-refractivity contribution >= 4 is 24.2 Å². The molecular weight excluding hydrogens is 486 g/mol. The topological polar surface area (TPSA) is 101 Å². The minimum atomic E-state index is 0.0509. The van der Waals surface area contributed by atoms with Crippen LogP contribution in [0.2, 0.25) is 0 Å². The fraction of sp³-hybridized carbons (Fsp3) is 0.375. The van der Waals surface area contributed by atoms with Gasteiger partial charge in [0.05, 0.1) is 0 Å². The third-order valence-electron chi connectivity index (χ3n) is 5.42. The molecule has 1 aromatic carbocycles. The largest absolute Gasteiger partial charge is 0.384 e. The fourth-order valence-corrected chi connectivity index (χ4v) is 3.08. The number of amides is 2. The van der Waals surface area contributed by atoms with Gasteiger partial charge in [0.15, 0.2) is 0 Å². The number of nitrogens with one attached hydrogen (secondary N) is 1. The van der Waals surface area contributed by atoms with E-state index in [9.17, 15) is 9.59 Å². The number of anilines is 1. The Balaban J connectivity index is 0.000000617. The quantitative estimate of drug-likeness (QED) is 0.259. The molecule has 0 aliphatic heterocycles. The van der Waals surface area contributed by atoms with Crippen LogP contribution in [0.3, 0.4) is 0 Å². The molecule has 39 heavy (non-hydrogen) atoms. The molecule has 7 nitrogen and oxygen atoms in total. The number of hydrogen-bond donors (Lipinski definition) is 2. The summed E-state index contributed by atoms with van der Waals surface area (Å²) < 4.78 is 0. The van der Waals surface area contributed by atoms with E-state index in [1.54, 1.807) is 19.0 Å². The maximum Gasteiger partial charge on any atom is 0.253 e. The van der Waals surface area contributed by atoms with Crippen LogP contribution in [0, 0.1) is 13.8 Å². The number of aromatic nitrogens is 2. The monoisotopic (exact) mass is 533 g/mol. The molecule has 7 heteroatoms. The first kappa shape index (κ1) is 35.0. The number of carbonyl (C=O) groups is 2. The molecule has 0 bridgehead atoms. The van der Waals surface area contributed by atoms with Gasteiger partial charge in [0.25, 0.3) is 5.91 Å². The van der Waals surface area contributed by atoms with Gasteiger partial charge in [-0.1, -0.05) is 57.0 Å². The van der Waals surface area contributed by atoms with Crippen LogP contribution >= 0.6 is 0 Å². The molecule has 2 aromatic heterocycles. The van der Waals surface area contributed by atoms with Crippen molar-refractivity contribution in [2.75, 3.05) is 26.4 Å². The molecule has 0 aliphatic carbocycles. The van der Waals surface area contributed by atoms with Crippen molar-refractivity contribution in [3.05, 3.63) is 82.8 Å². The van der Waals surface area contributed by atoms with Crippen LogP contribution in [-0.4, -0.2) is 47.8 Å². The van der Waals surface area contributed by atoms with Gasteiger partial charge in [0, 0.05) is 55.4 Å². The number of nitrogen functional groups attached to an aromatic ring is 1. The van der Waals surface area contributed by atoms with Gasteiger partial charge in [-0.05, 0) is 69.5 Å². The molecule has 0 spiro atoms. The Bertz CT molecular complexity index is 1140. The van der Waals surface area contributed by atoms with Crippen molar-refractivity contribution in [1.82, 2.24) is 20.2 Å². The van der Waals surface area contributed by atoms with Crippen LogP contribution in [0.25, 0.3) is 17.2 Å². The second kappa shape index (κ2) is 20.0. The van der Waals surface area contributed by atoms with Gasteiger partial charge in [-0.25, -0.2) is 4.98 Å². The van der Waals surface area contributed by atoms with Gasteiger partial charge < -0.3 is 16.0 Å². The summed E-state index contributed by atoms with van der Waals surface area (Å²) in [7, 11) is 3.50. The Morgan fingerprint density at radius 3 is 2.10 bits per heavy atom. The highest BCUT2D eigenvalue weighted by Gasteiger charge is 2.08. The molecule has 0 radical (unpaired) electrons. The van der Waals surface area contributed by atoms with E-state index in [2.05, 4.69) is 35.2 Å². The lowest BCUT2D eigenvalue weighted by molar-refractivity contribution is -0.109. The van der Waals surface area contributed by atoms with Crippen LogP contribution < -0.4 is 11.1 Å². The lowest BCUT2D eigenvalue weighted by atomic mass is 9.98. The molecule has 0 aliphatic rings. The number of pyridine rings is 2. The SMILES string of the molecule is CC.CC/C(C)=C/c1c(-c2ccc(N)nc2)ccnc1C.CCCNC=O.Cc1ccc(C(=O)N(C)C)cc1. The summed E-state index contributed by atoms with van der Waals surface area (Å²) in [5.41, 5.74) is 13.3. The van der Waals surface area contributed by atoms with Gasteiger partial charge in [0.1, 0.15) is 5.82 Å². The number of rotatable bonds is 7. The molecular formula is C32H47N5O2. The predicted octanol–water partition coefficient (Wildman–Crippen LogP) is 6.71. The number of nitrogens with two attached hydrogens (primary N) is 1. The molecule has 3 N–H and O–H groups in total. The summed E-state index contributed by atoms with van der Waals surface area (Å²) >= 11 is 0. The minimum absolute atomic E-state index is 0.0509. The molecule has 0 fully saturated rings. The minimum Gasteiger partial charge on any atom is -0.384 e. The summed E-state index contributed by atoms with van der Waals surface area (Å²) in [6, 6.07) is 13.4. The highest BCUT2D eigenvalue weighted by molar-refractivity contribution is 5.93. The first-order chi connectivity index (χ1) is 18.6. The Hall–Kier alpha value is -4.00. The smallest absolute Gasteiger partial charge is 0.253 e. The van der Waals surface area contributed by atoms with Crippen molar-refractivity contribution in [1.29, 1.82) is 0 Å². The molecule has 3 aromatic rings. The summed E-state index contributed by atoms with van der Waals surface area (Å²) in [4.78, 5) is 31.0. The number of allylic oxidation sites excluding steroid dienone is 1. The fourth-order valence-electron chi connectivity index (χ4n) is 3.08. The van der Waals surface area contributed by atoms with E-state index in [0.29, 0.717) is 12.2 Å². The summed E-state index contributed by atoms with van der Waals surface area (Å²) in [6.45, 7) is 15.1. The van der Waals surface area contributed by atoms with Crippen molar-refractivity contribution in [2.45, 2.75) is 61.3 Å². The lowest BCUT2D eigenvalue weighted by Crippen LogP contribution is -2.21. The highest BCUT2D eigenvalue weighted by atomic mass is 16.2. The Labute approximate surface area is 235 Å². The van der Waals surface area contributed by atoms with Crippen molar-refractivity contribution in [3.8, 4) is 11.1 Å². The van der Waals surface area contributed by atoms with E-state index < -0.39 is 0 Å². The van der Waals surface area contributed by atoms with Crippen molar-refractivity contribution < 1.29 is 9.59 Å². The second-order valence-corrected chi connectivity index (χ2v) is 8.81. The number of nitrogens with zero attached hydrogens (tertiary/aromatic N) is 3. The summed E-state index contributed by atoms with van der Waals surface area (Å²) in [5.74, 6) is 0.589. The first-order valence-corrected chi connectivity index (χ1v) is 13.4. The number of carbonyl (C=O) groups excluding carboxylic acids is 2. The van der Waals surface area contributed by atoms with E-state index in [0.717, 1.165) is 47.3 Å². The standard InChI is InChI=1S/C16H19N3.C10H13NO.C4H9NO.C2H6/c1-4-11(2)9-15-12(3)18-8-7-14(15)13-5-6-16(17)19-10-13;1-8-4-6-9(7-5-8)10(12)11(2)3;1-2-3-5-4-6;1-2/h5-10H,4H2,1-3H3,(H2,17,19);4-7H,1-3H3;4H,2-3H2,1H3,(H,5,6);1-2H3/b11-9+;;;. The maximum atomic E-state index is 11.4. The van der Waals surface area contributed by atoms with Crippen LogP contribution in [0.4, 0.5) is 5.82 Å². The summed E-state index contributed by atoms with van der Waals surface area (Å²) in [5, 5.41) is 2.52. The predicted molar refractivity (Wildman–Crippen MR) is 165 cm³/mol. The molecule has 0 unspecified atom stereocenters. The van der Waals surface area contributed by atoms with Gasteiger partial charge in [-0.15, -0.1) is 0 Å². The first-order valence-electron chi connectivity index (χ1n) is 13.4. The molecule has 0 saturated carbocycles. The van der Waals surface area contributed by atoms with Crippen LogP contribution in [-0.2, 0) is 4.79 Å². The van der Waals surface area contributed by atoms with Gasteiger partial charge >= 0.3 is 0 Å². The Morgan fingerprint density at radius 1 is 1.00 bits per heavy atom. The van der Waals surface area contributed by atoms with E-state index in [1.807, 2.05) is 89.5 Å². The Morgan fingerprint density at radius 2 is 1.64 bits per heavy atom. The maximum absolute atomic E-state index is 11.4. The highest BCUT2D eigenvalue weighted by Crippen LogP contribution is 2.27. The molecule has 2 amide bonds. The number of hydrogen-bond acceptors (Lipinski definition) is 5. The van der Waals surface area contributed by atoms with Crippen LogP contribution in [0.15, 0.2) is 60.4 Å². The van der Waals surface area contributed by atoms with E-state index in [4.69, 9.17) is 5.73 Å². The zero-order valence-corrected chi connectivity index (χ0v) is 25.2. The van der Waals surface area contributed by atoms with Crippen molar-refractivity contribution in [2.24, 2.45) is 0 Å². The molecule has 0 atom stereocenters. The van der Waals surface area contributed by atoms with E-state index in [1.165, 1.54) is 11.1 Å². The van der Waals surface area contributed by atoms with Crippen molar-refractivity contribution in [3.63, 3.8) is 0 Å². The van der Waals surface area contributed by atoms with Crippen LogP contribution in [0.1, 0.15) is 74.6 Å². The van der Waals surface area contributed by atoms with E-state index in [-0.39, 0.29) is 5.91 Å². The molecule has 2 heterocycles. The number of benzene rings is 1. The third-order valence-corrected chi connectivity index (χ3v) is 5.42. The lowest BCUT2D eigenvalue weighted by Gasteiger charge is -2.10. The van der Waals surface area contributed by atoms with Gasteiger partial charge in [-0.2, -0.15) is 0 Å². The average molecular weight is 534 g/mol. The Kier molecular flexibility index (Phi) is 18.0. The summed E-state index contributed by atoms with van der Waals surface area (Å²) in [6.07, 6.45) is 8.60. The zero-order chi connectivity index (χ0) is 29.8. The molecule has 3 rings (SSSR count). The third kappa shape index (κ3) is 13.4. The second-order valence-electron chi connectivity index (χ2n) is 8.81. The molecule has 212 valence electrons. The van der Waals surface area contributed by atoms with Gasteiger partial charge in [0.2, 0.25) is 6.41 Å². The number of aryl methyl sites for hydroxylation is 2. The normalized spacial score (nSPS) is 9.92. The van der Waals surface area contributed by atoms with E-state index >= 15 is 0 Å².